The predicted molar refractivity (Wildman–Crippen MR) is 379 cm³/mol. The number of aliphatic hydroxyl groups is 1. The lowest BCUT2D eigenvalue weighted by atomic mass is 9.82. The predicted octanol–water partition coefficient (Wildman–Crippen LogP) is 7.31. The largest absolute Gasteiger partial charge is 0.391 e. The van der Waals surface area contributed by atoms with Gasteiger partial charge in [0, 0.05) is 128 Å². The van der Waals surface area contributed by atoms with Gasteiger partial charge in [-0.25, -0.2) is 23.7 Å². The molecule has 99 heavy (non-hydrogen) atoms. The molecule has 7 N–H and O–H groups in total. The summed E-state index contributed by atoms with van der Waals surface area (Å²) in [5.41, 5.74) is 6.08. The zero-order valence-electron chi connectivity index (χ0n) is 58.8. The minimum absolute atomic E-state index is 0.00435. The number of likely N-dealkylation sites (tertiary alicyclic amines) is 3. The molecule has 3 aromatic carbocycles. The van der Waals surface area contributed by atoms with Gasteiger partial charge in [-0.1, -0.05) is 83.1 Å². The number of carbonyl (C=O) groups excluding carboxylic acids is 6. The van der Waals surface area contributed by atoms with E-state index in [0.717, 1.165) is 90.5 Å². The van der Waals surface area contributed by atoms with Crippen molar-refractivity contribution in [2.45, 2.75) is 168 Å². The Balaban J connectivity index is 0.549. The molecule has 6 fully saturated rings. The van der Waals surface area contributed by atoms with Gasteiger partial charge in [0.15, 0.2) is 0 Å². The quantitative estimate of drug-likeness (QED) is 0.0302. The first-order valence-corrected chi connectivity index (χ1v) is 36.3. The van der Waals surface area contributed by atoms with Gasteiger partial charge in [-0.15, -0.1) is 11.3 Å². The Bertz CT molecular complexity index is 3670. The van der Waals surface area contributed by atoms with Crippen molar-refractivity contribution in [2.75, 3.05) is 101 Å². The summed E-state index contributed by atoms with van der Waals surface area (Å²) in [6, 6.07) is 18.6. The molecular formula is C74H101F2N15O7S. The second kappa shape index (κ2) is 31.5. The maximum atomic E-state index is 15.8. The number of β-amino-alcohol motifs (C(OH)–C–C–N with tert-alkyl or cyclic N) is 1. The van der Waals surface area contributed by atoms with E-state index in [1.807, 2.05) is 88.7 Å². The summed E-state index contributed by atoms with van der Waals surface area (Å²) in [4.78, 5) is 107. The van der Waals surface area contributed by atoms with Crippen LogP contribution in [0.3, 0.4) is 0 Å². The Morgan fingerprint density at radius 1 is 0.788 bits per heavy atom. The number of aliphatic hydroxyl groups excluding tert-OH is 1. The number of rotatable bonds is 25. The number of carbonyl (C=O) groups is 6. The van der Waals surface area contributed by atoms with E-state index >= 15 is 8.78 Å². The Morgan fingerprint density at radius 3 is 2.18 bits per heavy atom. The summed E-state index contributed by atoms with van der Waals surface area (Å²) in [5.74, 6) is -0.253. The average molecular weight is 1380 g/mol. The first-order chi connectivity index (χ1) is 47.2. The third kappa shape index (κ3) is 18.6. The van der Waals surface area contributed by atoms with E-state index in [4.69, 9.17) is 0 Å². The summed E-state index contributed by atoms with van der Waals surface area (Å²) < 4.78 is 31.4. The number of aryl methyl sites for hydroxylation is 1. The lowest BCUT2D eigenvalue weighted by Crippen LogP contribution is -2.66. The minimum atomic E-state index is -1.01. The molecule has 5 aromatic rings. The Morgan fingerprint density at radius 2 is 1.48 bits per heavy atom. The molecule has 25 heteroatoms. The van der Waals surface area contributed by atoms with Crippen LogP contribution in [0, 0.1) is 41.2 Å². The summed E-state index contributed by atoms with van der Waals surface area (Å²) in [6.07, 6.45) is 6.25. The Kier molecular flexibility index (Phi) is 23.0. The van der Waals surface area contributed by atoms with Gasteiger partial charge >= 0.3 is 0 Å². The summed E-state index contributed by atoms with van der Waals surface area (Å²) >= 11 is 1.57. The first-order valence-electron chi connectivity index (χ1n) is 35.4. The van der Waals surface area contributed by atoms with Gasteiger partial charge in [0.1, 0.15) is 41.7 Å². The van der Waals surface area contributed by atoms with Crippen LogP contribution in [0.2, 0.25) is 0 Å². The number of aromatic nitrogens is 3. The molecule has 5 aliphatic heterocycles. The zero-order valence-corrected chi connectivity index (χ0v) is 59.6. The standard InChI is InChI=1S/C74H101F2N15O7S/c1-47(51-12-14-52(15-13-51)68-48(2)82-46-99-68)83-70(97)61-34-57(92)42-91(61)71(98)69(72(3,4)5)84-66(95)17-16-64(93)77-23-29-86(8)56-31-53-39-88(40-54(53)32-56)24-18-65(94)79-38-50-11-9-10-49(30-50)37-78-62-36-63(81-45-80-62)89-27-21-74(22-28-89)44-90(43-67(96)85-74)60-35-58(75)55(33-59(60)76)41-87-25-19-73(6,7)20-26-87/h9-15,30,33,35-36,45-47,53-54,56-57,61,69,92H,16-29,31-32,34,37-44H2,1-8H3,(H,77,93)(H,79,94)(H,83,97)(H,84,95)(H,85,96)(H,78,80,81)/t47-,53-,54+,56-,57+,61-,69+/m0/s1. The molecular weight excluding hydrogens is 1280 g/mol. The lowest BCUT2D eigenvalue weighted by molar-refractivity contribution is -0.144. The van der Waals surface area contributed by atoms with Crippen LogP contribution in [0.15, 0.2) is 78.6 Å². The summed E-state index contributed by atoms with van der Waals surface area (Å²) in [6.45, 7) is 21.9. The van der Waals surface area contributed by atoms with Crippen LogP contribution in [0.4, 0.5) is 26.1 Å². The number of hydrogen-bond acceptors (Lipinski definition) is 17. The number of piperazine rings is 1. The summed E-state index contributed by atoms with van der Waals surface area (Å²) in [5, 5.41) is 29.4. The third-order valence-electron chi connectivity index (χ3n) is 21.5. The lowest BCUT2D eigenvalue weighted by Gasteiger charge is -2.48. The highest BCUT2D eigenvalue weighted by atomic mass is 32.1. The molecule has 0 unspecified atom stereocenters. The molecule has 6 aliphatic rings. The van der Waals surface area contributed by atoms with Crippen LogP contribution in [-0.4, -0.2) is 190 Å². The smallest absolute Gasteiger partial charge is 0.246 e. The van der Waals surface area contributed by atoms with E-state index in [2.05, 4.69) is 93.4 Å². The number of nitrogens with zero attached hydrogens (tertiary/aromatic N) is 9. The first kappa shape index (κ1) is 72.5. The van der Waals surface area contributed by atoms with E-state index in [9.17, 15) is 33.9 Å². The van der Waals surface area contributed by atoms with Crippen LogP contribution in [0.5, 0.6) is 0 Å². The highest BCUT2D eigenvalue weighted by Crippen LogP contribution is 2.41. The second-order valence-electron chi connectivity index (χ2n) is 30.6. The number of likely N-dealkylation sites (N-methyl/N-ethyl adjacent to an activating group) is 1. The Hall–Kier alpha value is -7.71. The fraction of sp³-hybridized carbons (Fsp3) is 0.581. The third-order valence-corrected chi connectivity index (χ3v) is 22.4. The molecule has 1 saturated carbocycles. The molecule has 2 aromatic heterocycles. The number of piperidine rings is 2. The minimum Gasteiger partial charge on any atom is -0.391 e. The maximum absolute atomic E-state index is 15.8. The molecule has 5 saturated heterocycles. The van der Waals surface area contributed by atoms with Gasteiger partial charge in [-0.3, -0.25) is 33.7 Å². The van der Waals surface area contributed by atoms with E-state index in [0.29, 0.717) is 107 Å². The van der Waals surface area contributed by atoms with Gasteiger partial charge in [-0.2, -0.15) is 0 Å². The van der Waals surface area contributed by atoms with E-state index in [1.165, 1.54) is 23.4 Å². The number of thiazole rings is 1. The monoisotopic (exact) mass is 1380 g/mol. The van der Waals surface area contributed by atoms with E-state index in [-0.39, 0.29) is 73.1 Å². The fourth-order valence-electron chi connectivity index (χ4n) is 15.3. The van der Waals surface area contributed by atoms with Crippen LogP contribution in [0.25, 0.3) is 10.4 Å². The average Bonchev–Trinajstić information content (AvgIpc) is 1.56. The molecule has 1 aliphatic carbocycles. The maximum Gasteiger partial charge on any atom is 0.246 e. The van der Waals surface area contributed by atoms with E-state index in [1.54, 1.807) is 16.2 Å². The van der Waals surface area contributed by atoms with Crippen molar-refractivity contribution in [3.05, 3.63) is 118 Å². The zero-order chi connectivity index (χ0) is 70.3. The number of nitrogens with one attached hydrogen (secondary N) is 6. The van der Waals surface area contributed by atoms with Crippen LogP contribution in [-0.2, 0) is 48.4 Å². The Labute approximate surface area is 585 Å². The van der Waals surface area contributed by atoms with Crippen molar-refractivity contribution in [3.63, 3.8) is 0 Å². The molecule has 534 valence electrons. The number of anilines is 3. The van der Waals surface area contributed by atoms with Gasteiger partial charge < -0.3 is 61.5 Å². The fourth-order valence-corrected chi connectivity index (χ4v) is 16.1. The van der Waals surface area contributed by atoms with Gasteiger partial charge in [0.2, 0.25) is 35.4 Å². The van der Waals surface area contributed by atoms with Gasteiger partial charge in [-0.05, 0) is 123 Å². The molecule has 0 radical (unpaired) electrons. The number of benzene rings is 3. The van der Waals surface area contributed by atoms with Crippen molar-refractivity contribution in [2.24, 2.45) is 22.7 Å². The molecule has 11 rings (SSSR count). The summed E-state index contributed by atoms with van der Waals surface area (Å²) in [7, 11) is 2.09. The molecule has 7 heterocycles. The van der Waals surface area contributed by atoms with Crippen LogP contribution >= 0.6 is 11.3 Å². The molecule has 1 spiro atoms. The van der Waals surface area contributed by atoms with Crippen LogP contribution in [0.1, 0.15) is 140 Å². The van der Waals surface area contributed by atoms with Crippen molar-refractivity contribution in [3.8, 4) is 10.4 Å². The van der Waals surface area contributed by atoms with Crippen molar-refractivity contribution in [1.82, 2.24) is 61.1 Å². The van der Waals surface area contributed by atoms with E-state index < -0.39 is 52.6 Å². The number of fused-ring (bicyclic) bond motifs is 1. The van der Waals surface area contributed by atoms with Crippen molar-refractivity contribution in [1.29, 1.82) is 0 Å². The highest BCUT2D eigenvalue weighted by molar-refractivity contribution is 7.13. The molecule has 7 atom stereocenters. The van der Waals surface area contributed by atoms with Crippen LogP contribution < -0.4 is 41.7 Å². The molecule has 22 nitrogen and oxygen atoms in total. The van der Waals surface area contributed by atoms with Gasteiger partial charge in [0.25, 0.3) is 0 Å². The second-order valence-corrected chi connectivity index (χ2v) is 31.4. The van der Waals surface area contributed by atoms with Crippen molar-refractivity contribution >= 4 is 64.1 Å². The number of hydrogen-bond donors (Lipinski definition) is 7. The molecule has 6 amide bonds. The number of amides is 6. The topological polar surface area (TPSA) is 253 Å². The SMILES string of the molecule is Cc1ncsc1-c1ccc([C@H](C)NC(=O)[C@@H]2C[C@@H](O)CN2C(=O)[C@@H](NC(=O)CCC(=O)NCCN(C)[C@@H]2C[C@@H]3CN(CCC(=O)NCc4cccc(CNc5cc(N6CCC7(CC6)CN(c6cc(F)c(CN8CCC(C)(C)CC8)cc6F)CC(=O)N7)ncn5)c4)C[C@@H]3C2)C(C)(C)C)cc1. The highest BCUT2D eigenvalue weighted by Gasteiger charge is 2.46. The van der Waals surface area contributed by atoms with Gasteiger partial charge in [0.05, 0.1) is 46.0 Å². The molecule has 0 bridgehead atoms. The van der Waals surface area contributed by atoms with Crippen molar-refractivity contribution < 1.29 is 42.7 Å². The number of halogens is 2. The normalized spacial score (nSPS) is 22.2.